The summed E-state index contributed by atoms with van der Waals surface area (Å²) in [5.41, 5.74) is 1.10. The van der Waals surface area contributed by atoms with Crippen LogP contribution in [0.2, 0.25) is 0 Å². The van der Waals surface area contributed by atoms with Gasteiger partial charge in [-0.25, -0.2) is 4.98 Å². The van der Waals surface area contributed by atoms with Gasteiger partial charge in [-0.15, -0.1) is 0 Å². The molecule has 0 bridgehead atoms. The standard InChI is InChI=1S/C20H29N7O2/c1-21-16-15-17(23-12-22-15)25-19(24-16)26-9-2-7-20(11-26)8-10-27(18(20)29)13-3-5-14(28)6-4-13/h12-14,28H,2-11H2,1H3,(H2,21,22,23,24,25)/t13-,14-,20-/m0/s1. The Morgan fingerprint density at radius 2 is 2.03 bits per heavy atom. The molecule has 1 atom stereocenters. The van der Waals surface area contributed by atoms with Crippen molar-refractivity contribution in [2.45, 2.75) is 57.1 Å². The highest BCUT2D eigenvalue weighted by atomic mass is 16.3. The number of rotatable bonds is 3. The lowest BCUT2D eigenvalue weighted by atomic mass is 9.78. The molecule has 1 spiro atoms. The fourth-order valence-corrected chi connectivity index (χ4v) is 5.39. The van der Waals surface area contributed by atoms with Crippen molar-refractivity contribution < 1.29 is 9.90 Å². The van der Waals surface area contributed by atoms with Gasteiger partial charge in [-0.2, -0.15) is 9.97 Å². The van der Waals surface area contributed by atoms with Crippen LogP contribution < -0.4 is 10.2 Å². The number of hydrogen-bond acceptors (Lipinski definition) is 7. The SMILES string of the molecule is CNc1nc(N2CCC[C@]3(CCN([C@H]4CC[C@H](O)CC4)C3=O)C2)nc2[nH]cnc12. The van der Waals surface area contributed by atoms with Crippen LogP contribution in [-0.2, 0) is 4.79 Å². The molecule has 2 aliphatic heterocycles. The number of aliphatic hydroxyl groups is 1. The Morgan fingerprint density at radius 3 is 2.83 bits per heavy atom. The number of carbonyl (C=O) groups excluding carboxylic acids is 1. The maximum atomic E-state index is 13.5. The number of amides is 1. The summed E-state index contributed by atoms with van der Waals surface area (Å²) in [4.78, 5) is 34.5. The van der Waals surface area contributed by atoms with E-state index < -0.39 is 0 Å². The summed E-state index contributed by atoms with van der Waals surface area (Å²) in [5.74, 6) is 1.64. The number of piperidine rings is 1. The Morgan fingerprint density at radius 1 is 1.21 bits per heavy atom. The first-order valence-electron chi connectivity index (χ1n) is 10.7. The number of aromatic nitrogens is 4. The molecular formula is C20H29N7O2. The first-order chi connectivity index (χ1) is 14.1. The topological polar surface area (TPSA) is 110 Å². The molecule has 2 saturated heterocycles. The minimum atomic E-state index is -0.333. The van der Waals surface area contributed by atoms with E-state index in [0.717, 1.165) is 63.6 Å². The van der Waals surface area contributed by atoms with Crippen molar-refractivity contribution in [3.05, 3.63) is 6.33 Å². The summed E-state index contributed by atoms with van der Waals surface area (Å²) < 4.78 is 0. The van der Waals surface area contributed by atoms with E-state index in [4.69, 9.17) is 0 Å². The van der Waals surface area contributed by atoms with Gasteiger partial charge in [-0.3, -0.25) is 4.79 Å². The van der Waals surface area contributed by atoms with E-state index in [1.54, 1.807) is 6.33 Å². The van der Waals surface area contributed by atoms with Crippen molar-refractivity contribution in [3.8, 4) is 0 Å². The molecule has 3 N–H and O–H groups in total. The van der Waals surface area contributed by atoms with Gasteiger partial charge in [0.2, 0.25) is 11.9 Å². The average Bonchev–Trinajstić information content (AvgIpc) is 3.34. The number of fused-ring (bicyclic) bond motifs is 1. The monoisotopic (exact) mass is 399 g/mol. The van der Waals surface area contributed by atoms with E-state index in [-0.39, 0.29) is 17.6 Å². The Hall–Kier alpha value is -2.42. The van der Waals surface area contributed by atoms with Gasteiger partial charge in [0, 0.05) is 32.7 Å². The first kappa shape index (κ1) is 18.6. The van der Waals surface area contributed by atoms with Crippen LogP contribution in [0.5, 0.6) is 0 Å². The van der Waals surface area contributed by atoms with Gasteiger partial charge in [0.05, 0.1) is 17.8 Å². The molecule has 3 aliphatic rings. The quantitative estimate of drug-likeness (QED) is 0.718. The molecule has 9 heteroatoms. The molecule has 156 valence electrons. The number of nitrogens with zero attached hydrogens (tertiary/aromatic N) is 5. The minimum Gasteiger partial charge on any atom is -0.393 e. The summed E-state index contributed by atoms with van der Waals surface area (Å²) >= 11 is 0. The molecule has 29 heavy (non-hydrogen) atoms. The lowest BCUT2D eigenvalue weighted by Gasteiger charge is -2.40. The smallest absolute Gasteiger partial charge is 0.230 e. The summed E-state index contributed by atoms with van der Waals surface area (Å²) in [5, 5.41) is 12.9. The Kier molecular flexibility index (Phi) is 4.57. The fraction of sp³-hybridized carbons (Fsp3) is 0.700. The van der Waals surface area contributed by atoms with Crippen LogP contribution in [0, 0.1) is 5.41 Å². The van der Waals surface area contributed by atoms with Crippen molar-refractivity contribution in [1.82, 2.24) is 24.8 Å². The number of imidazole rings is 1. The molecule has 1 aliphatic carbocycles. The highest BCUT2D eigenvalue weighted by Crippen LogP contribution is 2.43. The zero-order valence-electron chi connectivity index (χ0n) is 16.9. The van der Waals surface area contributed by atoms with Gasteiger partial charge in [0.15, 0.2) is 11.5 Å². The highest BCUT2D eigenvalue weighted by Gasteiger charge is 2.51. The molecule has 1 amide bonds. The van der Waals surface area contributed by atoms with Gasteiger partial charge in [0.1, 0.15) is 5.52 Å². The van der Waals surface area contributed by atoms with Crippen molar-refractivity contribution in [2.24, 2.45) is 5.41 Å². The number of H-pyrrole nitrogens is 1. The Balaban J connectivity index is 1.37. The molecule has 2 aromatic heterocycles. The van der Waals surface area contributed by atoms with Crippen LogP contribution in [0.15, 0.2) is 6.33 Å². The molecule has 0 aromatic carbocycles. The normalized spacial score (nSPS) is 30.5. The predicted octanol–water partition coefficient (Wildman–Crippen LogP) is 1.52. The van der Waals surface area contributed by atoms with Crippen molar-refractivity contribution in [2.75, 3.05) is 36.9 Å². The third-order valence-corrected chi connectivity index (χ3v) is 7.02. The van der Waals surface area contributed by atoms with Gasteiger partial charge < -0.3 is 25.2 Å². The lowest BCUT2D eigenvalue weighted by Crippen LogP contribution is -2.50. The van der Waals surface area contributed by atoms with Crippen LogP contribution in [0.25, 0.3) is 11.2 Å². The maximum absolute atomic E-state index is 13.5. The summed E-state index contributed by atoms with van der Waals surface area (Å²) in [6.07, 6.45) is 7.65. The Bertz CT molecular complexity index is 907. The molecule has 0 radical (unpaired) electrons. The molecule has 4 heterocycles. The molecule has 1 saturated carbocycles. The third-order valence-electron chi connectivity index (χ3n) is 7.02. The lowest BCUT2D eigenvalue weighted by molar-refractivity contribution is -0.139. The molecule has 9 nitrogen and oxygen atoms in total. The van der Waals surface area contributed by atoms with Crippen molar-refractivity contribution >= 4 is 28.8 Å². The second-order valence-electron chi connectivity index (χ2n) is 8.74. The number of hydrogen-bond donors (Lipinski definition) is 3. The van der Waals surface area contributed by atoms with E-state index in [0.29, 0.717) is 29.9 Å². The second kappa shape index (κ2) is 7.12. The predicted molar refractivity (Wildman–Crippen MR) is 110 cm³/mol. The first-order valence-corrected chi connectivity index (χ1v) is 10.7. The number of nitrogens with one attached hydrogen (secondary N) is 2. The second-order valence-corrected chi connectivity index (χ2v) is 8.74. The fourth-order valence-electron chi connectivity index (χ4n) is 5.39. The highest BCUT2D eigenvalue weighted by molar-refractivity contribution is 5.87. The van der Waals surface area contributed by atoms with Crippen molar-refractivity contribution in [3.63, 3.8) is 0 Å². The van der Waals surface area contributed by atoms with Crippen LogP contribution >= 0.6 is 0 Å². The molecule has 2 aromatic rings. The van der Waals surface area contributed by atoms with Crippen molar-refractivity contribution in [1.29, 1.82) is 0 Å². The van der Waals surface area contributed by atoms with Gasteiger partial charge in [-0.1, -0.05) is 0 Å². The average molecular weight is 399 g/mol. The number of carbonyl (C=O) groups is 1. The van der Waals surface area contributed by atoms with E-state index in [1.165, 1.54) is 0 Å². The summed E-state index contributed by atoms with van der Waals surface area (Å²) in [6.45, 7) is 2.35. The Labute approximate surface area is 169 Å². The summed E-state index contributed by atoms with van der Waals surface area (Å²) in [6, 6.07) is 0.286. The van der Waals surface area contributed by atoms with Crippen LogP contribution in [0.4, 0.5) is 11.8 Å². The maximum Gasteiger partial charge on any atom is 0.230 e. The molecule has 0 unspecified atom stereocenters. The molecule has 5 rings (SSSR count). The zero-order chi connectivity index (χ0) is 20.0. The largest absolute Gasteiger partial charge is 0.393 e. The van der Waals surface area contributed by atoms with E-state index in [2.05, 4.69) is 35.1 Å². The van der Waals surface area contributed by atoms with Crippen LogP contribution in [0.3, 0.4) is 0 Å². The van der Waals surface area contributed by atoms with Crippen LogP contribution in [-0.4, -0.2) is 74.7 Å². The van der Waals surface area contributed by atoms with Gasteiger partial charge >= 0.3 is 0 Å². The van der Waals surface area contributed by atoms with E-state index in [9.17, 15) is 9.90 Å². The van der Waals surface area contributed by atoms with E-state index in [1.807, 2.05) is 7.05 Å². The summed E-state index contributed by atoms with van der Waals surface area (Å²) in [7, 11) is 1.83. The number of anilines is 2. The van der Waals surface area contributed by atoms with Gasteiger partial charge in [0.25, 0.3) is 0 Å². The number of likely N-dealkylation sites (tertiary alicyclic amines) is 1. The number of aliphatic hydroxyl groups excluding tert-OH is 1. The molecule has 3 fully saturated rings. The van der Waals surface area contributed by atoms with Crippen LogP contribution in [0.1, 0.15) is 44.9 Å². The third kappa shape index (κ3) is 3.11. The zero-order valence-corrected chi connectivity index (χ0v) is 16.9. The molecular weight excluding hydrogens is 370 g/mol. The number of aromatic amines is 1. The van der Waals surface area contributed by atoms with E-state index >= 15 is 0 Å². The van der Waals surface area contributed by atoms with Gasteiger partial charge in [-0.05, 0) is 44.9 Å². The minimum absolute atomic E-state index is 0.195.